The average molecular weight is 505 g/mol. The Balaban J connectivity index is 2.11. The molecule has 2 aromatic carbocycles. The van der Waals surface area contributed by atoms with Gasteiger partial charge in [-0.15, -0.1) is 0 Å². The van der Waals surface area contributed by atoms with Crippen molar-refractivity contribution in [3.8, 4) is 17.0 Å². The molecule has 3 aromatic rings. The highest BCUT2D eigenvalue weighted by atomic mass is 19.4. The second kappa shape index (κ2) is 9.55. The third kappa shape index (κ3) is 5.23. The van der Waals surface area contributed by atoms with Crippen LogP contribution in [0.2, 0.25) is 0 Å². The van der Waals surface area contributed by atoms with Gasteiger partial charge in [0.05, 0.1) is 18.1 Å². The molecule has 1 heterocycles. The van der Waals surface area contributed by atoms with Crippen molar-refractivity contribution in [1.29, 1.82) is 0 Å². The minimum Gasteiger partial charge on any atom is -0.494 e. The molecule has 188 valence electrons. The zero-order valence-electron chi connectivity index (χ0n) is 18.3. The van der Waals surface area contributed by atoms with Crippen LogP contribution in [0, 0.1) is 5.82 Å². The number of aromatic nitrogens is 2. The number of ether oxygens (including phenoxy) is 1. The molecule has 13 heteroatoms. The number of hydrogen-bond acceptors (Lipinski definition) is 4. The molecule has 0 unspecified atom stereocenters. The van der Waals surface area contributed by atoms with Crippen LogP contribution >= 0.6 is 0 Å². The Morgan fingerprint density at radius 2 is 1.74 bits per heavy atom. The Kier molecular flexibility index (Phi) is 7.08. The number of aryl methyl sites for hydroxylation is 1. The van der Waals surface area contributed by atoms with Crippen LogP contribution in [0.25, 0.3) is 22.2 Å². The van der Waals surface area contributed by atoms with Gasteiger partial charge in [-0.25, -0.2) is 4.39 Å². The smallest absolute Gasteiger partial charge is 0.471 e. The van der Waals surface area contributed by atoms with E-state index in [1.807, 2.05) is 0 Å². The second-order valence-electron chi connectivity index (χ2n) is 7.50. The number of methoxy groups -OCH3 is 1. The van der Waals surface area contributed by atoms with Crippen LogP contribution in [0.15, 0.2) is 41.2 Å². The van der Waals surface area contributed by atoms with Crippen molar-refractivity contribution in [2.24, 2.45) is 0 Å². The van der Waals surface area contributed by atoms with E-state index in [1.54, 1.807) is 0 Å². The first kappa shape index (κ1) is 26.0. The number of rotatable bonds is 6. The van der Waals surface area contributed by atoms with Crippen molar-refractivity contribution in [2.75, 3.05) is 20.7 Å². The predicted octanol–water partition coefficient (Wildman–Crippen LogP) is 4.64. The molecule has 1 amide bonds. The number of para-hydroxylation sites is 1. The van der Waals surface area contributed by atoms with Gasteiger partial charge in [-0.3, -0.25) is 14.3 Å². The molecule has 0 radical (unpaired) electrons. The zero-order chi connectivity index (χ0) is 26.1. The van der Waals surface area contributed by atoms with Crippen LogP contribution in [-0.4, -0.2) is 47.5 Å². The lowest BCUT2D eigenvalue weighted by molar-refractivity contribution is -0.184. The molecular formula is C22H18F7N3O3. The van der Waals surface area contributed by atoms with E-state index in [0.717, 1.165) is 23.9 Å². The Hall–Kier alpha value is -3.64. The molecule has 0 saturated carbocycles. The lowest BCUT2D eigenvalue weighted by Gasteiger charge is -2.20. The minimum atomic E-state index is -5.06. The third-order valence-electron chi connectivity index (χ3n) is 5.17. The highest BCUT2D eigenvalue weighted by Crippen LogP contribution is 2.35. The van der Waals surface area contributed by atoms with Crippen LogP contribution in [0.3, 0.4) is 0 Å². The fraction of sp³-hybridized carbons (Fsp3) is 0.318. The first-order valence-electron chi connectivity index (χ1n) is 10.0. The lowest BCUT2D eigenvalue weighted by Crippen LogP contribution is -2.39. The van der Waals surface area contributed by atoms with Gasteiger partial charge in [-0.05, 0) is 30.7 Å². The number of amides is 1. The summed E-state index contributed by atoms with van der Waals surface area (Å²) in [6, 6.07) is 6.68. The minimum absolute atomic E-state index is 0.0501. The van der Waals surface area contributed by atoms with E-state index in [1.165, 1.54) is 25.3 Å². The number of carbonyl (C=O) groups excluding carboxylic acids is 1. The summed E-state index contributed by atoms with van der Waals surface area (Å²) in [7, 11) is 2.25. The summed E-state index contributed by atoms with van der Waals surface area (Å²) >= 11 is 0. The standard InChI is InChI=1S/C22H18F7N3O3/c1-31(20(34)22(27,28)29)10-5-11-32-18-13(7-4-9-15(18)35-2)19(33)17(30-32)12-6-3-8-14(16(12)23)21(24,25)26/h3-4,6-9H,5,10-11H2,1-2H3. The molecule has 0 bridgehead atoms. The van der Waals surface area contributed by atoms with Crippen LogP contribution < -0.4 is 10.2 Å². The van der Waals surface area contributed by atoms with Crippen molar-refractivity contribution >= 4 is 16.8 Å². The zero-order valence-corrected chi connectivity index (χ0v) is 18.3. The SMILES string of the molecule is COc1cccc2c(=O)c(-c3cccc(C(F)(F)F)c3F)nn(CCCN(C)C(=O)C(F)(F)F)c12. The maximum absolute atomic E-state index is 14.8. The van der Waals surface area contributed by atoms with Crippen molar-refractivity contribution in [3.63, 3.8) is 0 Å². The predicted molar refractivity (Wildman–Crippen MR) is 111 cm³/mol. The largest absolute Gasteiger partial charge is 0.494 e. The number of halogens is 7. The molecule has 3 rings (SSSR count). The van der Waals surface area contributed by atoms with Gasteiger partial charge < -0.3 is 9.64 Å². The van der Waals surface area contributed by atoms with Crippen LogP contribution in [0.5, 0.6) is 5.75 Å². The molecule has 0 fully saturated rings. The molecule has 0 aliphatic rings. The average Bonchev–Trinajstić information content (AvgIpc) is 2.78. The first-order chi connectivity index (χ1) is 16.3. The summed E-state index contributed by atoms with van der Waals surface area (Å²) in [4.78, 5) is 24.9. The summed E-state index contributed by atoms with van der Waals surface area (Å²) in [6.45, 7) is -0.518. The Morgan fingerprint density at radius 1 is 1.09 bits per heavy atom. The van der Waals surface area contributed by atoms with Gasteiger partial charge in [-0.1, -0.05) is 12.1 Å². The van der Waals surface area contributed by atoms with Gasteiger partial charge in [0.25, 0.3) is 0 Å². The maximum atomic E-state index is 14.8. The second-order valence-corrected chi connectivity index (χ2v) is 7.50. The Bertz CT molecular complexity index is 1320. The Labute approximate surface area is 193 Å². The molecule has 35 heavy (non-hydrogen) atoms. The van der Waals surface area contributed by atoms with Crippen molar-refractivity contribution in [2.45, 2.75) is 25.3 Å². The van der Waals surface area contributed by atoms with Gasteiger partial charge in [0.1, 0.15) is 22.8 Å². The summed E-state index contributed by atoms with van der Waals surface area (Å²) in [6.07, 6.45) is -10.2. The maximum Gasteiger partial charge on any atom is 0.471 e. The van der Waals surface area contributed by atoms with Gasteiger partial charge in [0.15, 0.2) is 0 Å². The molecule has 0 saturated heterocycles. The van der Waals surface area contributed by atoms with E-state index in [9.17, 15) is 40.3 Å². The number of benzene rings is 2. The summed E-state index contributed by atoms with van der Waals surface area (Å²) in [5, 5.41) is 3.99. The van der Waals surface area contributed by atoms with E-state index >= 15 is 0 Å². The molecular weight excluding hydrogens is 487 g/mol. The van der Waals surface area contributed by atoms with E-state index < -0.39 is 46.3 Å². The topological polar surface area (TPSA) is 64.4 Å². The number of alkyl halides is 6. The molecule has 0 N–H and O–H groups in total. The molecule has 0 atom stereocenters. The Morgan fingerprint density at radius 3 is 2.34 bits per heavy atom. The molecule has 6 nitrogen and oxygen atoms in total. The van der Waals surface area contributed by atoms with Gasteiger partial charge >= 0.3 is 18.3 Å². The van der Waals surface area contributed by atoms with Gasteiger partial charge in [-0.2, -0.15) is 31.4 Å². The number of hydrogen-bond donors (Lipinski definition) is 0. The van der Waals surface area contributed by atoms with Crippen molar-refractivity contribution in [3.05, 3.63) is 58.0 Å². The first-order valence-corrected chi connectivity index (χ1v) is 10.0. The molecule has 0 aliphatic heterocycles. The van der Waals surface area contributed by atoms with Crippen molar-refractivity contribution < 1.29 is 40.3 Å². The normalized spacial score (nSPS) is 12.1. The number of nitrogens with zero attached hydrogens (tertiary/aromatic N) is 3. The molecule has 1 aromatic heterocycles. The van der Waals surface area contributed by atoms with Crippen LogP contribution in [0.1, 0.15) is 12.0 Å². The van der Waals surface area contributed by atoms with E-state index in [2.05, 4.69) is 5.10 Å². The molecule has 0 spiro atoms. The van der Waals surface area contributed by atoms with Crippen molar-refractivity contribution in [1.82, 2.24) is 14.7 Å². The fourth-order valence-electron chi connectivity index (χ4n) is 3.53. The lowest BCUT2D eigenvalue weighted by atomic mass is 10.0. The third-order valence-corrected chi connectivity index (χ3v) is 5.17. The van der Waals surface area contributed by atoms with Gasteiger partial charge in [0.2, 0.25) is 5.43 Å². The quantitative estimate of drug-likeness (QED) is 0.458. The number of carbonyl (C=O) groups is 1. The summed E-state index contributed by atoms with van der Waals surface area (Å²) < 4.78 is 98.6. The fourth-order valence-corrected chi connectivity index (χ4v) is 3.53. The van der Waals surface area contributed by atoms with E-state index in [4.69, 9.17) is 4.74 Å². The summed E-state index contributed by atoms with van der Waals surface area (Å²) in [5.74, 6) is -3.59. The van der Waals surface area contributed by atoms with E-state index in [-0.39, 0.29) is 36.2 Å². The monoisotopic (exact) mass is 505 g/mol. The highest BCUT2D eigenvalue weighted by molar-refractivity contribution is 5.87. The van der Waals surface area contributed by atoms with E-state index in [0.29, 0.717) is 11.0 Å². The highest BCUT2D eigenvalue weighted by Gasteiger charge is 2.41. The van der Waals surface area contributed by atoms with Crippen LogP contribution in [0.4, 0.5) is 30.7 Å². The van der Waals surface area contributed by atoms with Crippen LogP contribution in [-0.2, 0) is 17.5 Å². The molecule has 0 aliphatic carbocycles. The number of fused-ring (bicyclic) bond motifs is 1. The van der Waals surface area contributed by atoms with Gasteiger partial charge in [0, 0.05) is 25.7 Å². The summed E-state index contributed by atoms with van der Waals surface area (Å²) in [5.41, 5.74) is -3.64.